The van der Waals surface area contributed by atoms with E-state index in [9.17, 15) is 9.50 Å². The second-order valence-corrected chi connectivity index (χ2v) is 12.0. The van der Waals surface area contributed by atoms with Crippen LogP contribution in [0.1, 0.15) is 121 Å². The first-order chi connectivity index (χ1) is 16.8. The van der Waals surface area contributed by atoms with E-state index in [0.717, 1.165) is 59.5 Å². The zero-order valence-corrected chi connectivity index (χ0v) is 24.3. The first-order valence-electron chi connectivity index (χ1n) is 14.1. The molecule has 1 aliphatic heterocycles. The number of aliphatic carboxylic acids is 1. The molecule has 1 aromatic carbocycles. The highest BCUT2D eigenvalue weighted by atomic mass is 19.1. The van der Waals surface area contributed by atoms with E-state index >= 15 is 0 Å². The van der Waals surface area contributed by atoms with Gasteiger partial charge in [-0.1, -0.05) is 72.6 Å². The fraction of sp³-hybridized carbons (Fsp3) is 0.774. The number of hydrogen-bond donors (Lipinski definition) is 2. The Bertz CT molecular complexity index is 820. The summed E-state index contributed by atoms with van der Waals surface area (Å²) >= 11 is 0. The molecule has 2 N–H and O–H groups in total. The molecule has 4 nitrogen and oxygen atoms in total. The first-order valence-corrected chi connectivity index (χ1v) is 14.1. The minimum Gasteiger partial charge on any atom is -0.507 e. The molecule has 1 aliphatic rings. The highest BCUT2D eigenvalue weighted by Gasteiger charge is 2.34. The molecule has 1 aromatic rings. The third-order valence-electron chi connectivity index (χ3n) is 7.98. The lowest BCUT2D eigenvalue weighted by Crippen LogP contribution is -2.37. The Morgan fingerprint density at radius 2 is 1.42 bits per heavy atom. The number of carboxylic acids is 1. The van der Waals surface area contributed by atoms with Crippen molar-refractivity contribution in [1.29, 1.82) is 0 Å². The van der Waals surface area contributed by atoms with E-state index < -0.39 is 12.6 Å². The summed E-state index contributed by atoms with van der Waals surface area (Å²) in [6, 6.07) is 0. The second kappa shape index (κ2) is 15.5. The van der Waals surface area contributed by atoms with E-state index in [2.05, 4.69) is 41.5 Å². The van der Waals surface area contributed by atoms with Crippen molar-refractivity contribution in [2.24, 2.45) is 17.8 Å². The predicted molar refractivity (Wildman–Crippen MR) is 148 cm³/mol. The maximum absolute atomic E-state index is 10.5. The normalized spacial score (nSPS) is 18.6. The van der Waals surface area contributed by atoms with Crippen molar-refractivity contribution in [2.45, 2.75) is 132 Å². The Morgan fingerprint density at radius 3 is 1.92 bits per heavy atom. The smallest absolute Gasteiger partial charge is 0.335 e. The Morgan fingerprint density at radius 1 is 0.917 bits per heavy atom. The molecule has 3 atom stereocenters. The van der Waals surface area contributed by atoms with Gasteiger partial charge in [0, 0.05) is 5.56 Å². The summed E-state index contributed by atoms with van der Waals surface area (Å²) in [7, 11) is 0. The monoisotopic (exact) mass is 508 g/mol. The fourth-order valence-electron chi connectivity index (χ4n) is 5.27. The number of aromatic hydroxyl groups is 1. The van der Waals surface area contributed by atoms with Crippen molar-refractivity contribution in [2.75, 3.05) is 6.67 Å². The number of halogens is 1. The van der Waals surface area contributed by atoms with E-state index in [0.29, 0.717) is 5.75 Å². The van der Waals surface area contributed by atoms with Crippen molar-refractivity contribution < 1.29 is 24.1 Å². The van der Waals surface area contributed by atoms with E-state index in [4.69, 9.17) is 14.6 Å². The average Bonchev–Trinajstić information content (AvgIpc) is 2.81. The maximum Gasteiger partial charge on any atom is 0.335 e. The Labute approximate surface area is 220 Å². The van der Waals surface area contributed by atoms with Crippen LogP contribution in [-0.2, 0) is 11.2 Å². The fourth-order valence-corrected chi connectivity index (χ4v) is 5.27. The number of rotatable bonds is 13. The quantitative estimate of drug-likeness (QED) is 0.279. The van der Waals surface area contributed by atoms with E-state index in [1.165, 1.54) is 56.9 Å². The Hall–Kier alpha value is -1.78. The zero-order chi connectivity index (χ0) is 27.5. The van der Waals surface area contributed by atoms with Crippen LogP contribution in [0.15, 0.2) is 0 Å². The molecule has 0 aliphatic carbocycles. The molecule has 0 saturated heterocycles. The predicted octanol–water partition coefficient (Wildman–Crippen LogP) is 8.88. The standard InChI is InChI=1S/C29H50O2.C2H3FO2/c1-20(2)12-9-13-21(3)14-10-15-22(4)16-11-18-29(8)19-17-26-25(7)27(30)23(5)24(6)28(26)31-29;3-1-2(4)5/h20-22,30H,9-19H2,1-8H3;1H2,(H,4,5)/t21?,22?,29-;/m1./s1. The van der Waals surface area contributed by atoms with Crippen molar-refractivity contribution in [3.8, 4) is 11.5 Å². The molecule has 0 fully saturated rings. The summed E-state index contributed by atoms with van der Waals surface area (Å²) in [6.07, 6.45) is 14.1. The number of hydrogen-bond acceptors (Lipinski definition) is 3. The molecule has 2 unspecified atom stereocenters. The number of phenolic OH excluding ortho intramolecular Hbond substituents is 1. The molecule has 1 heterocycles. The SMILES string of the molecule is Cc1c(C)c2c(c(C)c1O)CC[C@@](C)(CCCC(C)CCCC(C)CCCC(C)C)O2.O=C(O)CF. The average molecular weight is 509 g/mol. The first kappa shape index (κ1) is 32.2. The molecule has 0 radical (unpaired) electrons. The van der Waals surface area contributed by atoms with E-state index in [1.54, 1.807) is 0 Å². The van der Waals surface area contributed by atoms with Gasteiger partial charge < -0.3 is 14.9 Å². The molecule has 0 amide bonds. The molecule has 36 heavy (non-hydrogen) atoms. The highest BCUT2D eigenvalue weighted by molar-refractivity contribution is 5.67. The van der Waals surface area contributed by atoms with Crippen LogP contribution in [0.3, 0.4) is 0 Å². The van der Waals surface area contributed by atoms with Crippen LogP contribution in [0.2, 0.25) is 0 Å². The van der Waals surface area contributed by atoms with Gasteiger partial charge in [0.2, 0.25) is 0 Å². The lowest BCUT2D eigenvalue weighted by atomic mass is 9.84. The minimum absolute atomic E-state index is 0.0712. The maximum atomic E-state index is 10.5. The Balaban J connectivity index is 0.00000118. The van der Waals surface area contributed by atoms with Gasteiger partial charge in [0.1, 0.15) is 17.1 Å². The van der Waals surface area contributed by atoms with Gasteiger partial charge in [-0.2, -0.15) is 0 Å². The lowest BCUT2D eigenvalue weighted by Gasteiger charge is -2.38. The molecule has 0 saturated carbocycles. The molecular formula is C31H53FO4. The Kier molecular flexibility index (Phi) is 13.9. The van der Waals surface area contributed by atoms with Gasteiger partial charge in [-0.3, -0.25) is 0 Å². The zero-order valence-electron chi connectivity index (χ0n) is 24.3. The molecule has 0 bridgehead atoms. The van der Waals surface area contributed by atoms with Gasteiger partial charge in [-0.05, 0) is 87.8 Å². The summed E-state index contributed by atoms with van der Waals surface area (Å²) in [5.41, 5.74) is 4.23. The summed E-state index contributed by atoms with van der Waals surface area (Å²) in [5.74, 6) is 2.62. The van der Waals surface area contributed by atoms with Crippen LogP contribution in [0.4, 0.5) is 4.39 Å². The number of fused-ring (bicyclic) bond motifs is 1. The molecule has 208 valence electrons. The van der Waals surface area contributed by atoms with Crippen molar-refractivity contribution in [3.05, 3.63) is 22.3 Å². The van der Waals surface area contributed by atoms with Gasteiger partial charge in [-0.25, -0.2) is 9.18 Å². The number of carboxylic acid groups (broad SMARTS) is 1. The summed E-state index contributed by atoms with van der Waals surface area (Å²) in [6.45, 7) is 16.7. The van der Waals surface area contributed by atoms with Gasteiger partial charge in [-0.15, -0.1) is 0 Å². The number of phenols is 1. The number of benzene rings is 1. The van der Waals surface area contributed by atoms with Gasteiger partial charge in [0.25, 0.3) is 0 Å². The number of alkyl halides is 1. The second-order valence-electron chi connectivity index (χ2n) is 12.0. The van der Waals surface area contributed by atoms with Crippen LogP contribution in [-0.4, -0.2) is 28.5 Å². The van der Waals surface area contributed by atoms with Gasteiger partial charge >= 0.3 is 5.97 Å². The third kappa shape index (κ3) is 10.7. The summed E-state index contributed by atoms with van der Waals surface area (Å²) in [5, 5.41) is 17.7. The van der Waals surface area contributed by atoms with Crippen LogP contribution >= 0.6 is 0 Å². The van der Waals surface area contributed by atoms with Crippen molar-refractivity contribution in [1.82, 2.24) is 0 Å². The van der Waals surface area contributed by atoms with Crippen LogP contribution in [0.5, 0.6) is 11.5 Å². The number of ether oxygens (including phenoxy) is 1. The molecule has 5 heteroatoms. The summed E-state index contributed by atoms with van der Waals surface area (Å²) in [4.78, 5) is 8.99. The lowest BCUT2D eigenvalue weighted by molar-refractivity contribution is -0.137. The number of carbonyl (C=O) groups is 1. The third-order valence-corrected chi connectivity index (χ3v) is 7.98. The molecule has 0 aromatic heterocycles. The van der Waals surface area contributed by atoms with Crippen molar-refractivity contribution >= 4 is 5.97 Å². The molecular weight excluding hydrogens is 455 g/mol. The molecule has 0 spiro atoms. The van der Waals surface area contributed by atoms with Crippen LogP contribution in [0.25, 0.3) is 0 Å². The topological polar surface area (TPSA) is 66.8 Å². The van der Waals surface area contributed by atoms with Crippen LogP contribution < -0.4 is 4.74 Å². The van der Waals surface area contributed by atoms with Gasteiger partial charge in [0.15, 0.2) is 6.67 Å². The summed E-state index contributed by atoms with van der Waals surface area (Å²) < 4.78 is 17.1. The van der Waals surface area contributed by atoms with Gasteiger partial charge in [0.05, 0.1) is 0 Å². The highest BCUT2D eigenvalue weighted by Crippen LogP contribution is 2.44. The van der Waals surface area contributed by atoms with Crippen LogP contribution in [0, 0.1) is 38.5 Å². The van der Waals surface area contributed by atoms with E-state index in [1.807, 2.05) is 13.8 Å². The minimum atomic E-state index is -1.41. The van der Waals surface area contributed by atoms with E-state index in [-0.39, 0.29) is 5.60 Å². The van der Waals surface area contributed by atoms with Crippen molar-refractivity contribution in [3.63, 3.8) is 0 Å². The largest absolute Gasteiger partial charge is 0.507 e. The molecule has 2 rings (SSSR count).